The molecule has 0 saturated carbocycles. The first-order valence-electron chi connectivity index (χ1n) is 4.96. The molecule has 1 aliphatic rings. The lowest BCUT2D eigenvalue weighted by Crippen LogP contribution is -2.37. The van der Waals surface area contributed by atoms with Gasteiger partial charge in [0.2, 0.25) is 5.91 Å². The Labute approximate surface area is 91.4 Å². The van der Waals surface area contributed by atoms with Crippen LogP contribution in [0.15, 0.2) is 0 Å². The summed E-state index contributed by atoms with van der Waals surface area (Å²) in [7, 11) is 0. The fourth-order valence-corrected chi connectivity index (χ4v) is 1.74. The van der Waals surface area contributed by atoms with Crippen molar-refractivity contribution in [2.45, 2.75) is 19.4 Å². The van der Waals surface area contributed by atoms with Crippen LogP contribution in [0.3, 0.4) is 0 Å². The first-order valence-corrected chi connectivity index (χ1v) is 4.96. The van der Waals surface area contributed by atoms with Gasteiger partial charge in [-0.1, -0.05) is 0 Å². The van der Waals surface area contributed by atoms with Crippen molar-refractivity contribution < 1.29 is 9.59 Å². The van der Waals surface area contributed by atoms with Gasteiger partial charge in [0.1, 0.15) is 0 Å². The molecule has 2 rings (SSSR count). The number of hydrogen-bond donors (Lipinski definition) is 2. The number of aromatic nitrogens is 4. The van der Waals surface area contributed by atoms with Crippen molar-refractivity contribution in [3.05, 3.63) is 5.82 Å². The van der Waals surface area contributed by atoms with Gasteiger partial charge in [0.05, 0.1) is 0 Å². The third kappa shape index (κ3) is 2.15. The van der Waals surface area contributed by atoms with Crippen molar-refractivity contribution in [3.63, 3.8) is 0 Å². The van der Waals surface area contributed by atoms with E-state index in [0.29, 0.717) is 13.1 Å². The largest absolute Gasteiger partial charge is 0.352 e. The summed E-state index contributed by atoms with van der Waals surface area (Å²) in [6.45, 7) is 2.55. The molecule has 2 amide bonds. The van der Waals surface area contributed by atoms with Crippen LogP contribution in [-0.4, -0.2) is 56.5 Å². The van der Waals surface area contributed by atoms with E-state index in [1.54, 1.807) is 4.90 Å². The highest BCUT2D eigenvalue weighted by molar-refractivity contribution is 5.90. The first-order chi connectivity index (χ1) is 7.66. The third-order valence-corrected chi connectivity index (χ3v) is 2.42. The molecule has 0 radical (unpaired) electrons. The van der Waals surface area contributed by atoms with Crippen LogP contribution in [0, 0.1) is 0 Å². The van der Waals surface area contributed by atoms with Crippen LogP contribution in [-0.2, 0) is 4.79 Å². The van der Waals surface area contributed by atoms with Gasteiger partial charge >= 0.3 is 0 Å². The number of rotatable bonds is 2. The normalized spacial score (nSPS) is 19.8. The molecule has 1 atom stereocenters. The van der Waals surface area contributed by atoms with Gasteiger partial charge in [-0.05, 0) is 11.6 Å². The molecule has 0 aromatic carbocycles. The van der Waals surface area contributed by atoms with Crippen molar-refractivity contribution in [1.82, 2.24) is 30.8 Å². The molecule has 0 aliphatic carbocycles. The lowest BCUT2D eigenvalue weighted by atomic mass is 10.3. The Morgan fingerprint density at radius 3 is 3.00 bits per heavy atom. The monoisotopic (exact) mass is 224 g/mol. The quantitative estimate of drug-likeness (QED) is 0.639. The van der Waals surface area contributed by atoms with Gasteiger partial charge in [0.25, 0.3) is 11.7 Å². The topological polar surface area (TPSA) is 104 Å². The molecule has 2 heterocycles. The summed E-state index contributed by atoms with van der Waals surface area (Å²) in [5.74, 6) is -0.288. The van der Waals surface area contributed by atoms with Crippen LogP contribution in [0.5, 0.6) is 0 Å². The predicted octanol–water partition coefficient (Wildman–Crippen LogP) is -1.45. The average molecular weight is 224 g/mol. The van der Waals surface area contributed by atoms with Crippen LogP contribution in [0.25, 0.3) is 0 Å². The lowest BCUT2D eigenvalue weighted by molar-refractivity contribution is -0.119. The Kier molecular flexibility index (Phi) is 2.80. The van der Waals surface area contributed by atoms with Gasteiger partial charge in [0, 0.05) is 26.1 Å². The van der Waals surface area contributed by atoms with Gasteiger partial charge < -0.3 is 10.2 Å². The summed E-state index contributed by atoms with van der Waals surface area (Å²) in [5, 5.41) is 15.6. The summed E-state index contributed by atoms with van der Waals surface area (Å²) in [6, 6.07) is 0.0216. The zero-order chi connectivity index (χ0) is 11.5. The number of amides is 2. The molecule has 2 N–H and O–H groups in total. The molecule has 1 aromatic heterocycles. The van der Waals surface area contributed by atoms with Crippen LogP contribution in [0.2, 0.25) is 0 Å². The third-order valence-electron chi connectivity index (χ3n) is 2.42. The molecule has 16 heavy (non-hydrogen) atoms. The maximum Gasteiger partial charge on any atom is 0.295 e. The number of carbonyl (C=O) groups is 2. The summed E-state index contributed by atoms with van der Waals surface area (Å²) in [4.78, 5) is 24.2. The van der Waals surface area contributed by atoms with Crippen molar-refractivity contribution in [2.24, 2.45) is 0 Å². The predicted molar refractivity (Wildman–Crippen MR) is 52.3 cm³/mol. The molecular weight excluding hydrogens is 212 g/mol. The number of hydrogen-bond acceptors (Lipinski definition) is 5. The first kappa shape index (κ1) is 10.5. The molecule has 1 fully saturated rings. The number of nitrogens with zero attached hydrogens (tertiary/aromatic N) is 4. The van der Waals surface area contributed by atoms with Gasteiger partial charge in [-0.3, -0.25) is 9.59 Å². The number of likely N-dealkylation sites (tertiary alicyclic amines) is 1. The smallest absolute Gasteiger partial charge is 0.295 e. The van der Waals surface area contributed by atoms with E-state index in [4.69, 9.17) is 0 Å². The van der Waals surface area contributed by atoms with Gasteiger partial charge in [-0.2, -0.15) is 5.21 Å². The van der Waals surface area contributed by atoms with Gasteiger partial charge in [0.15, 0.2) is 0 Å². The number of aromatic amines is 1. The molecule has 0 spiro atoms. The molecule has 1 aliphatic heterocycles. The number of tetrazole rings is 1. The number of carbonyl (C=O) groups excluding carboxylic acids is 2. The highest BCUT2D eigenvalue weighted by Gasteiger charge is 2.29. The van der Waals surface area contributed by atoms with E-state index in [-0.39, 0.29) is 23.7 Å². The van der Waals surface area contributed by atoms with Crippen LogP contribution >= 0.6 is 0 Å². The zero-order valence-corrected chi connectivity index (χ0v) is 8.80. The Morgan fingerprint density at radius 2 is 2.38 bits per heavy atom. The Hall–Kier alpha value is -1.99. The van der Waals surface area contributed by atoms with Crippen LogP contribution in [0.4, 0.5) is 0 Å². The highest BCUT2D eigenvalue weighted by atomic mass is 16.2. The summed E-state index contributed by atoms with van der Waals surface area (Å²) >= 11 is 0. The van der Waals surface area contributed by atoms with E-state index in [0.717, 1.165) is 6.42 Å². The average Bonchev–Trinajstić information content (AvgIpc) is 2.84. The summed E-state index contributed by atoms with van der Waals surface area (Å²) in [5.41, 5.74) is 0. The number of nitrogens with one attached hydrogen (secondary N) is 2. The highest BCUT2D eigenvalue weighted by Crippen LogP contribution is 2.11. The van der Waals surface area contributed by atoms with E-state index in [9.17, 15) is 9.59 Å². The molecule has 8 nitrogen and oxygen atoms in total. The second-order valence-corrected chi connectivity index (χ2v) is 3.67. The molecule has 1 aromatic rings. The van der Waals surface area contributed by atoms with Crippen molar-refractivity contribution in [3.8, 4) is 0 Å². The Balaban J connectivity index is 1.94. The van der Waals surface area contributed by atoms with Crippen molar-refractivity contribution >= 4 is 11.8 Å². The Morgan fingerprint density at radius 1 is 1.56 bits per heavy atom. The van der Waals surface area contributed by atoms with Crippen LogP contribution in [0.1, 0.15) is 24.0 Å². The maximum atomic E-state index is 11.8. The molecular formula is C8H12N6O2. The fraction of sp³-hybridized carbons (Fsp3) is 0.625. The van der Waals surface area contributed by atoms with E-state index in [1.807, 2.05) is 0 Å². The van der Waals surface area contributed by atoms with Gasteiger partial charge in [-0.15, -0.1) is 10.2 Å². The second kappa shape index (κ2) is 4.25. The SMILES string of the molecule is CC(=O)NC1CCN(C(=O)c2nn[nH]n2)C1. The summed E-state index contributed by atoms with van der Waals surface area (Å²) in [6.07, 6.45) is 0.753. The molecule has 86 valence electrons. The van der Waals surface area contributed by atoms with E-state index in [2.05, 4.69) is 25.9 Å². The molecule has 0 bridgehead atoms. The zero-order valence-electron chi connectivity index (χ0n) is 8.80. The maximum absolute atomic E-state index is 11.8. The van der Waals surface area contributed by atoms with Gasteiger partial charge in [-0.25, -0.2) is 0 Å². The molecule has 8 heteroatoms. The molecule has 1 saturated heterocycles. The van der Waals surface area contributed by atoms with E-state index in [1.165, 1.54) is 6.92 Å². The summed E-state index contributed by atoms with van der Waals surface area (Å²) < 4.78 is 0. The molecule has 1 unspecified atom stereocenters. The minimum atomic E-state index is -0.262. The van der Waals surface area contributed by atoms with E-state index >= 15 is 0 Å². The second-order valence-electron chi connectivity index (χ2n) is 3.67. The fourth-order valence-electron chi connectivity index (χ4n) is 1.74. The van der Waals surface area contributed by atoms with Crippen molar-refractivity contribution in [2.75, 3.05) is 13.1 Å². The van der Waals surface area contributed by atoms with Crippen molar-refractivity contribution in [1.29, 1.82) is 0 Å². The minimum absolute atomic E-state index is 0.0216. The van der Waals surface area contributed by atoms with E-state index < -0.39 is 0 Å². The standard InChI is InChI=1S/C8H12N6O2/c1-5(15)9-6-2-3-14(4-6)8(16)7-10-12-13-11-7/h6H,2-4H2,1H3,(H,9,15)(H,10,11,12,13). The van der Waals surface area contributed by atoms with Crippen LogP contribution < -0.4 is 5.32 Å². The Bertz CT molecular complexity index is 389. The minimum Gasteiger partial charge on any atom is -0.352 e. The lowest BCUT2D eigenvalue weighted by Gasteiger charge is -2.14. The number of H-pyrrole nitrogens is 1.